The minimum atomic E-state index is -0.818. The maximum Gasteiger partial charge on any atom is 0.260 e. The van der Waals surface area contributed by atoms with Crippen LogP contribution >= 0.6 is 0 Å². The first kappa shape index (κ1) is 14.7. The van der Waals surface area contributed by atoms with Crippen molar-refractivity contribution in [1.29, 1.82) is 0 Å². The van der Waals surface area contributed by atoms with Crippen molar-refractivity contribution in [2.75, 3.05) is 19.7 Å². The van der Waals surface area contributed by atoms with Crippen molar-refractivity contribution < 1.29 is 23.0 Å². The Hall–Kier alpha value is -1.69. The third-order valence-electron chi connectivity index (χ3n) is 3.02. The maximum atomic E-state index is 13.4. The molecule has 1 aromatic carbocycles. The minimum absolute atomic E-state index is 0.0368. The normalized spacial score (nSPS) is 22.7. The monoisotopic (exact) mass is 285 g/mol. The summed E-state index contributed by atoms with van der Waals surface area (Å²) in [4.78, 5) is 13.6. The molecule has 0 bridgehead atoms. The fourth-order valence-corrected chi connectivity index (χ4v) is 2.20. The average Bonchev–Trinajstić information content (AvgIpc) is 2.36. The van der Waals surface area contributed by atoms with Crippen LogP contribution in [0.2, 0.25) is 0 Å². The topological polar surface area (TPSA) is 38.8 Å². The number of hydrogen-bond acceptors (Lipinski definition) is 3. The Balaban J connectivity index is 1.91. The van der Waals surface area contributed by atoms with E-state index in [4.69, 9.17) is 9.47 Å². The number of morpholine rings is 1. The number of ether oxygens (including phenoxy) is 2. The van der Waals surface area contributed by atoms with Gasteiger partial charge >= 0.3 is 0 Å². The molecule has 1 amide bonds. The lowest BCUT2D eigenvalue weighted by molar-refractivity contribution is -0.145. The molecule has 0 N–H and O–H groups in total. The Morgan fingerprint density at radius 2 is 2.00 bits per heavy atom. The van der Waals surface area contributed by atoms with Crippen LogP contribution in [0.5, 0.6) is 5.75 Å². The van der Waals surface area contributed by atoms with Gasteiger partial charge in [0, 0.05) is 19.2 Å². The predicted octanol–water partition coefficient (Wildman–Crippen LogP) is 1.98. The summed E-state index contributed by atoms with van der Waals surface area (Å²) in [5.74, 6) is -1.87. The van der Waals surface area contributed by atoms with Crippen molar-refractivity contribution in [3.8, 4) is 5.75 Å². The number of carbonyl (C=O) groups is 1. The molecule has 1 saturated heterocycles. The highest BCUT2D eigenvalue weighted by Gasteiger charge is 2.26. The summed E-state index contributed by atoms with van der Waals surface area (Å²) < 4.78 is 36.7. The van der Waals surface area contributed by atoms with Gasteiger partial charge in [-0.1, -0.05) is 0 Å². The highest BCUT2D eigenvalue weighted by Crippen LogP contribution is 2.18. The van der Waals surface area contributed by atoms with E-state index in [1.54, 1.807) is 4.90 Å². The van der Waals surface area contributed by atoms with Gasteiger partial charge < -0.3 is 14.4 Å². The molecule has 20 heavy (non-hydrogen) atoms. The number of rotatable bonds is 3. The van der Waals surface area contributed by atoms with Crippen LogP contribution < -0.4 is 4.74 Å². The Morgan fingerprint density at radius 3 is 2.60 bits per heavy atom. The lowest BCUT2D eigenvalue weighted by Gasteiger charge is -2.35. The smallest absolute Gasteiger partial charge is 0.260 e. The zero-order valence-corrected chi connectivity index (χ0v) is 11.4. The Bertz CT molecular complexity index is 485. The lowest BCUT2D eigenvalue weighted by atomic mass is 10.2. The molecule has 1 heterocycles. The first-order valence-electron chi connectivity index (χ1n) is 6.47. The van der Waals surface area contributed by atoms with Crippen LogP contribution in [-0.4, -0.2) is 42.7 Å². The summed E-state index contributed by atoms with van der Waals surface area (Å²) in [6.45, 7) is 4.46. The van der Waals surface area contributed by atoms with E-state index >= 15 is 0 Å². The van der Waals surface area contributed by atoms with Crippen LogP contribution in [0, 0.1) is 11.6 Å². The zero-order chi connectivity index (χ0) is 14.7. The fraction of sp³-hybridized carbons (Fsp3) is 0.500. The molecule has 2 rings (SSSR count). The van der Waals surface area contributed by atoms with E-state index in [0.717, 1.165) is 12.1 Å². The summed E-state index contributed by atoms with van der Waals surface area (Å²) in [6.07, 6.45) is -0.0736. The molecule has 0 radical (unpaired) electrons. The van der Waals surface area contributed by atoms with Gasteiger partial charge in [-0.15, -0.1) is 0 Å². The van der Waals surface area contributed by atoms with Crippen LogP contribution in [0.15, 0.2) is 18.2 Å². The van der Waals surface area contributed by atoms with Gasteiger partial charge in [0.1, 0.15) is 5.82 Å². The highest BCUT2D eigenvalue weighted by atomic mass is 19.1. The second kappa shape index (κ2) is 6.17. The molecule has 0 unspecified atom stereocenters. The predicted molar refractivity (Wildman–Crippen MR) is 68.4 cm³/mol. The molecular formula is C14H17F2NO3. The Morgan fingerprint density at radius 1 is 1.35 bits per heavy atom. The van der Waals surface area contributed by atoms with E-state index in [2.05, 4.69) is 0 Å². The molecular weight excluding hydrogens is 268 g/mol. The van der Waals surface area contributed by atoms with Gasteiger partial charge in [-0.3, -0.25) is 4.79 Å². The first-order chi connectivity index (χ1) is 9.45. The summed E-state index contributed by atoms with van der Waals surface area (Å²) in [5, 5.41) is 0. The van der Waals surface area contributed by atoms with Gasteiger partial charge in [-0.25, -0.2) is 8.78 Å². The van der Waals surface area contributed by atoms with Crippen molar-refractivity contribution in [2.45, 2.75) is 26.1 Å². The number of carbonyl (C=O) groups excluding carboxylic acids is 1. The highest BCUT2D eigenvalue weighted by molar-refractivity contribution is 5.78. The first-order valence-corrected chi connectivity index (χ1v) is 6.47. The SMILES string of the molecule is C[C@@H]1CN(C(=O)COc2ccc(F)cc2F)C[C@H](C)O1. The van der Waals surface area contributed by atoms with Crippen molar-refractivity contribution >= 4 is 5.91 Å². The number of benzene rings is 1. The quantitative estimate of drug-likeness (QED) is 0.852. The lowest BCUT2D eigenvalue weighted by Crippen LogP contribution is -2.49. The van der Waals surface area contributed by atoms with Crippen molar-refractivity contribution in [3.05, 3.63) is 29.8 Å². The molecule has 1 aliphatic heterocycles. The largest absolute Gasteiger partial charge is 0.481 e. The van der Waals surface area contributed by atoms with E-state index in [0.29, 0.717) is 13.1 Å². The van der Waals surface area contributed by atoms with Gasteiger partial charge in [0.15, 0.2) is 18.2 Å². The Labute approximate surface area is 116 Å². The van der Waals surface area contributed by atoms with Gasteiger partial charge in [-0.05, 0) is 26.0 Å². The van der Waals surface area contributed by atoms with Crippen LogP contribution in [-0.2, 0) is 9.53 Å². The van der Waals surface area contributed by atoms with Crippen LogP contribution in [0.3, 0.4) is 0 Å². The molecule has 1 fully saturated rings. The molecule has 0 spiro atoms. The molecule has 6 heteroatoms. The molecule has 0 saturated carbocycles. The van der Waals surface area contributed by atoms with Crippen molar-refractivity contribution in [1.82, 2.24) is 4.90 Å². The summed E-state index contributed by atoms with van der Waals surface area (Å²) in [7, 11) is 0. The van der Waals surface area contributed by atoms with E-state index in [1.807, 2.05) is 13.8 Å². The van der Waals surface area contributed by atoms with Gasteiger partial charge in [0.25, 0.3) is 5.91 Å². The van der Waals surface area contributed by atoms with Crippen molar-refractivity contribution in [3.63, 3.8) is 0 Å². The Kier molecular flexibility index (Phi) is 4.54. The second-order valence-corrected chi connectivity index (χ2v) is 4.92. The molecule has 110 valence electrons. The number of halogens is 2. The third-order valence-corrected chi connectivity index (χ3v) is 3.02. The van der Waals surface area contributed by atoms with Gasteiger partial charge in [0.05, 0.1) is 12.2 Å². The molecule has 1 aromatic rings. The van der Waals surface area contributed by atoms with E-state index in [9.17, 15) is 13.6 Å². The number of nitrogens with zero attached hydrogens (tertiary/aromatic N) is 1. The van der Waals surface area contributed by atoms with E-state index in [1.165, 1.54) is 6.07 Å². The van der Waals surface area contributed by atoms with Gasteiger partial charge in [-0.2, -0.15) is 0 Å². The third kappa shape index (κ3) is 3.66. The molecule has 1 aliphatic rings. The summed E-state index contributed by atoms with van der Waals surface area (Å²) >= 11 is 0. The molecule has 0 aromatic heterocycles. The minimum Gasteiger partial charge on any atom is -0.481 e. The van der Waals surface area contributed by atoms with Crippen LogP contribution in [0.4, 0.5) is 8.78 Å². The van der Waals surface area contributed by atoms with Crippen molar-refractivity contribution in [2.24, 2.45) is 0 Å². The van der Waals surface area contributed by atoms with E-state index in [-0.39, 0.29) is 30.5 Å². The summed E-state index contributed by atoms with van der Waals surface area (Å²) in [6, 6.07) is 2.98. The number of hydrogen-bond donors (Lipinski definition) is 0. The van der Waals surface area contributed by atoms with Crippen LogP contribution in [0.25, 0.3) is 0 Å². The zero-order valence-electron chi connectivity index (χ0n) is 11.4. The fourth-order valence-electron chi connectivity index (χ4n) is 2.20. The molecule has 0 aliphatic carbocycles. The standard InChI is InChI=1S/C14H17F2NO3/c1-9-6-17(7-10(2)20-9)14(18)8-19-13-4-3-11(15)5-12(13)16/h3-5,9-10H,6-8H2,1-2H3/t9-,10+. The average molecular weight is 285 g/mol. The van der Waals surface area contributed by atoms with E-state index < -0.39 is 11.6 Å². The summed E-state index contributed by atoms with van der Waals surface area (Å²) in [5.41, 5.74) is 0. The number of amides is 1. The van der Waals surface area contributed by atoms with Crippen LogP contribution in [0.1, 0.15) is 13.8 Å². The molecule has 2 atom stereocenters. The second-order valence-electron chi connectivity index (χ2n) is 4.92. The maximum absolute atomic E-state index is 13.4. The molecule has 4 nitrogen and oxygen atoms in total. The van der Waals surface area contributed by atoms with Gasteiger partial charge in [0.2, 0.25) is 0 Å².